The van der Waals surface area contributed by atoms with Crippen LogP contribution in [-0.2, 0) is 9.59 Å². The number of rotatable bonds is 9. The summed E-state index contributed by atoms with van der Waals surface area (Å²) in [6.45, 7) is 4.07. The minimum atomic E-state index is -0.819. The van der Waals surface area contributed by atoms with Crippen LogP contribution in [0.25, 0.3) is 0 Å². The van der Waals surface area contributed by atoms with Crippen molar-refractivity contribution in [1.29, 1.82) is 0 Å². The molecule has 7 heteroatoms. The molecule has 0 aromatic rings. The van der Waals surface area contributed by atoms with Crippen LogP contribution in [-0.4, -0.2) is 51.1 Å². The molecule has 0 aliphatic carbocycles. The van der Waals surface area contributed by atoms with Gasteiger partial charge in [0.05, 0.1) is 6.04 Å². The van der Waals surface area contributed by atoms with E-state index in [2.05, 4.69) is 27.8 Å². The summed E-state index contributed by atoms with van der Waals surface area (Å²) >= 11 is 0. The SMILES string of the molecule is [3H]NC(=O)[C@H](CNC=C)NC(=O)[C@H](CNC)NC. The molecule has 0 aliphatic rings. The normalized spacial score (nSPS) is 14.1. The lowest BCUT2D eigenvalue weighted by atomic mass is 10.2. The van der Waals surface area contributed by atoms with Crippen molar-refractivity contribution in [3.8, 4) is 0 Å². The molecule has 0 radical (unpaired) electrons. The molecule has 0 fully saturated rings. The van der Waals surface area contributed by atoms with Crippen LogP contribution in [0, 0.1) is 0 Å². The number of nitrogens with one attached hydrogen (secondary N) is 4. The molecule has 0 bridgehead atoms. The van der Waals surface area contributed by atoms with Crippen LogP contribution in [0.1, 0.15) is 0 Å². The van der Waals surface area contributed by atoms with Crippen LogP contribution in [0.3, 0.4) is 0 Å². The van der Waals surface area contributed by atoms with Crippen molar-refractivity contribution < 1.29 is 11.0 Å². The zero-order chi connectivity index (χ0) is 14.0. The summed E-state index contributed by atoms with van der Waals surface area (Å²) < 4.78 is 6.82. The first-order valence-corrected chi connectivity index (χ1v) is 5.28. The van der Waals surface area contributed by atoms with Gasteiger partial charge >= 0.3 is 0 Å². The van der Waals surface area contributed by atoms with Gasteiger partial charge in [0.15, 0.2) is 1.41 Å². The highest BCUT2D eigenvalue weighted by atomic mass is 16.2. The van der Waals surface area contributed by atoms with Crippen LogP contribution in [0.4, 0.5) is 0 Å². The van der Waals surface area contributed by atoms with Gasteiger partial charge in [0, 0.05) is 13.1 Å². The van der Waals surface area contributed by atoms with Crippen molar-refractivity contribution in [3.05, 3.63) is 12.8 Å². The number of hydrogen-bond acceptors (Lipinski definition) is 5. The molecule has 98 valence electrons. The molecule has 0 saturated heterocycles. The Hall–Kier alpha value is -1.60. The van der Waals surface area contributed by atoms with E-state index in [4.69, 9.17) is 1.41 Å². The molecule has 0 spiro atoms. The van der Waals surface area contributed by atoms with Gasteiger partial charge in [0.2, 0.25) is 11.8 Å². The van der Waals surface area contributed by atoms with E-state index >= 15 is 0 Å². The summed E-state index contributed by atoms with van der Waals surface area (Å²) in [5, 5.41) is 11.0. The summed E-state index contributed by atoms with van der Waals surface area (Å²) in [7, 11) is 3.38. The Bertz CT molecular complexity index is 287. The van der Waals surface area contributed by atoms with E-state index < -0.39 is 18.0 Å². The monoisotopic (exact) mass is 245 g/mol. The summed E-state index contributed by atoms with van der Waals surface area (Å²) in [4.78, 5) is 23.2. The highest BCUT2D eigenvalue weighted by Crippen LogP contribution is 1.86. The second-order valence-electron chi connectivity index (χ2n) is 3.44. The van der Waals surface area contributed by atoms with Gasteiger partial charge in [-0.1, -0.05) is 6.58 Å². The van der Waals surface area contributed by atoms with Gasteiger partial charge < -0.3 is 27.0 Å². The average molecular weight is 245 g/mol. The molecule has 0 rings (SSSR count). The zero-order valence-corrected chi connectivity index (χ0v) is 10.2. The molecule has 0 saturated carbocycles. The van der Waals surface area contributed by atoms with Crippen LogP contribution >= 0.6 is 0 Å². The number of hydrogen-bond donors (Lipinski definition) is 5. The van der Waals surface area contributed by atoms with Crippen molar-refractivity contribution in [3.63, 3.8) is 0 Å². The van der Waals surface area contributed by atoms with Gasteiger partial charge in [-0.2, -0.15) is 0 Å². The van der Waals surface area contributed by atoms with Crippen molar-refractivity contribution >= 4 is 11.8 Å². The van der Waals surface area contributed by atoms with Crippen molar-refractivity contribution in [1.82, 2.24) is 21.3 Å². The topological polar surface area (TPSA) is 108 Å². The number of likely N-dealkylation sites (N-methyl/N-ethyl adjacent to an activating group) is 2. The van der Waals surface area contributed by atoms with Crippen molar-refractivity contribution in [2.45, 2.75) is 12.1 Å². The molecular formula is C10H21N5O2. The Morgan fingerprint density at radius 1 is 1.41 bits per heavy atom. The fourth-order valence-corrected chi connectivity index (χ4v) is 1.21. The molecule has 0 unspecified atom stereocenters. The van der Waals surface area contributed by atoms with Crippen LogP contribution in [0.5, 0.6) is 0 Å². The van der Waals surface area contributed by atoms with Gasteiger partial charge in [0.25, 0.3) is 0 Å². The second-order valence-corrected chi connectivity index (χ2v) is 3.44. The Balaban J connectivity index is 4.49. The third-order valence-electron chi connectivity index (χ3n) is 2.17. The third-order valence-corrected chi connectivity index (χ3v) is 2.17. The second kappa shape index (κ2) is 8.54. The van der Waals surface area contributed by atoms with E-state index in [1.165, 1.54) is 6.20 Å². The lowest BCUT2D eigenvalue weighted by Crippen LogP contribution is -2.56. The summed E-state index contributed by atoms with van der Waals surface area (Å²) in [6, 6.07) is -1.26. The molecule has 7 nitrogen and oxygen atoms in total. The molecule has 0 aliphatic heterocycles. The number of amides is 2. The highest BCUT2D eigenvalue weighted by molar-refractivity contribution is 5.89. The van der Waals surface area contributed by atoms with Crippen LogP contribution in [0.15, 0.2) is 12.8 Å². The average Bonchev–Trinajstić information content (AvgIpc) is 2.39. The van der Waals surface area contributed by atoms with E-state index in [1.54, 1.807) is 19.8 Å². The smallest absolute Gasteiger partial charge is 0.241 e. The van der Waals surface area contributed by atoms with E-state index in [0.717, 1.165) is 0 Å². The largest absolute Gasteiger partial charge is 0.389 e. The first-order valence-electron chi connectivity index (χ1n) is 5.78. The molecule has 2 atom stereocenters. The lowest BCUT2D eigenvalue weighted by Gasteiger charge is -2.20. The predicted molar refractivity (Wildman–Crippen MR) is 66.1 cm³/mol. The van der Waals surface area contributed by atoms with Gasteiger partial charge in [-0.25, -0.2) is 0 Å². The fraction of sp³-hybridized carbons (Fsp3) is 0.600. The third kappa shape index (κ3) is 5.88. The lowest BCUT2D eigenvalue weighted by molar-refractivity contribution is -0.128. The maximum atomic E-state index is 11.8. The summed E-state index contributed by atoms with van der Waals surface area (Å²) in [5.74, 6) is -0.900. The molecule has 0 aromatic heterocycles. The van der Waals surface area contributed by atoms with Gasteiger partial charge in [-0.05, 0) is 20.3 Å². The molecule has 17 heavy (non-hydrogen) atoms. The molecule has 2 amide bonds. The van der Waals surface area contributed by atoms with E-state index in [9.17, 15) is 9.59 Å². The van der Waals surface area contributed by atoms with Crippen LogP contribution in [0.2, 0.25) is 1.41 Å². The predicted octanol–water partition coefficient (Wildman–Crippen LogP) is -2.50. The zero-order valence-electron chi connectivity index (χ0n) is 11.2. The van der Waals surface area contributed by atoms with E-state index in [0.29, 0.717) is 6.54 Å². The highest BCUT2D eigenvalue weighted by Gasteiger charge is 2.22. The van der Waals surface area contributed by atoms with Gasteiger partial charge in [-0.15, -0.1) is 0 Å². The Kier molecular flexibility index (Phi) is 6.76. The van der Waals surface area contributed by atoms with E-state index in [1.807, 2.05) is 0 Å². The molecular weight excluding hydrogens is 222 g/mol. The summed E-state index contributed by atoms with van der Waals surface area (Å²) in [6.07, 6.45) is 1.42. The Morgan fingerprint density at radius 2 is 2.12 bits per heavy atom. The van der Waals surface area contributed by atoms with Gasteiger partial charge in [-0.3, -0.25) is 9.59 Å². The number of nitrogens with two attached hydrogens (primary N) is 1. The first-order chi connectivity index (χ1) is 8.60. The van der Waals surface area contributed by atoms with E-state index in [-0.39, 0.29) is 12.5 Å². The Labute approximate surface area is 103 Å². The maximum Gasteiger partial charge on any atom is 0.241 e. The molecule has 0 aromatic carbocycles. The first kappa shape index (κ1) is 13.5. The Morgan fingerprint density at radius 3 is 2.59 bits per heavy atom. The maximum absolute atomic E-state index is 11.8. The quantitative estimate of drug-likeness (QED) is 0.308. The molecule has 0 heterocycles. The van der Waals surface area contributed by atoms with Crippen molar-refractivity contribution in [2.75, 3.05) is 27.2 Å². The fourth-order valence-electron chi connectivity index (χ4n) is 1.21. The minimum Gasteiger partial charge on any atom is -0.389 e. The molecule has 6 N–H and O–H groups in total. The number of primary amides is 1. The number of carbonyl (C=O) groups is 2. The summed E-state index contributed by atoms with van der Waals surface area (Å²) in [5.41, 5.74) is 1.75. The standard InChI is InChI=1S/C10H21N5O2/c1-4-14-6-7(9(11)16)15-10(17)8(13-3)5-12-2/h4,7-8,12-14H,1,5-6H2,2-3H3,(H2,11,16)(H,15,17)/t7-,8-/m0/s1/i/hT. The number of carbonyl (C=O) groups excluding carboxylic acids is 2. The van der Waals surface area contributed by atoms with Crippen molar-refractivity contribution in [2.24, 2.45) is 5.73 Å². The van der Waals surface area contributed by atoms with Crippen LogP contribution < -0.4 is 27.0 Å². The van der Waals surface area contributed by atoms with Gasteiger partial charge in [0.1, 0.15) is 6.04 Å². The minimum absolute atomic E-state index is 0.177.